The van der Waals surface area contributed by atoms with E-state index in [0.717, 1.165) is 16.8 Å². The average molecular weight is 253 g/mol. The first-order chi connectivity index (χ1) is 8.52. The Balaban J connectivity index is 2.65. The third kappa shape index (κ3) is 4.73. The average Bonchev–Trinajstić information content (AvgIpc) is 2.35. The molecule has 0 amide bonds. The minimum Gasteiger partial charge on any atom is -0.481 e. The van der Waals surface area contributed by atoms with Crippen molar-refractivity contribution in [3.63, 3.8) is 0 Å². The van der Waals surface area contributed by atoms with Gasteiger partial charge in [0.15, 0.2) is 0 Å². The van der Waals surface area contributed by atoms with E-state index in [4.69, 9.17) is 10.2 Å². The van der Waals surface area contributed by atoms with Gasteiger partial charge in [-0.25, -0.2) is 0 Å². The zero-order chi connectivity index (χ0) is 13.5. The predicted molar refractivity (Wildman–Crippen MR) is 68.7 cm³/mol. The molecule has 0 aliphatic carbocycles. The highest BCUT2D eigenvalue weighted by Crippen LogP contribution is 2.18. The Morgan fingerprint density at radius 2 is 2.17 bits per heavy atom. The smallest absolute Gasteiger partial charge is 0.303 e. The molecule has 5 heteroatoms. The normalized spacial score (nSPS) is 12.2. The minimum atomic E-state index is -0.819. The molecule has 0 aliphatic heterocycles. The van der Waals surface area contributed by atoms with Crippen molar-refractivity contribution in [1.82, 2.24) is 0 Å². The minimum absolute atomic E-state index is 0.0990. The zero-order valence-electron chi connectivity index (χ0n) is 10.4. The van der Waals surface area contributed by atoms with Crippen molar-refractivity contribution in [2.24, 2.45) is 0 Å². The molecule has 0 aromatic heterocycles. The van der Waals surface area contributed by atoms with Gasteiger partial charge in [-0.15, -0.1) is 0 Å². The third-order valence-corrected chi connectivity index (χ3v) is 2.67. The number of rotatable bonds is 7. The predicted octanol–water partition coefficient (Wildman–Crippen LogP) is 0.777. The molecule has 100 valence electrons. The number of hydrogen-bond donors (Lipinski definition) is 4. The van der Waals surface area contributed by atoms with Crippen molar-refractivity contribution in [1.29, 1.82) is 0 Å². The molecular weight excluding hydrogens is 234 g/mol. The molecule has 0 fully saturated rings. The lowest BCUT2D eigenvalue weighted by Crippen LogP contribution is -2.23. The standard InChI is InChI=1S/C13H19NO4/c1-9-2-3-10(4-5-13(17)18)6-12(9)14-7-11(16)8-15/h2-3,6,11,14-16H,4-5,7-8H2,1H3,(H,17,18). The van der Waals surface area contributed by atoms with E-state index >= 15 is 0 Å². The monoisotopic (exact) mass is 253 g/mol. The summed E-state index contributed by atoms with van der Waals surface area (Å²) in [5.41, 5.74) is 2.80. The molecule has 18 heavy (non-hydrogen) atoms. The summed E-state index contributed by atoms with van der Waals surface area (Å²) in [5.74, 6) is -0.819. The van der Waals surface area contributed by atoms with Gasteiger partial charge in [-0.05, 0) is 30.5 Å². The van der Waals surface area contributed by atoms with Crippen LogP contribution in [0, 0.1) is 6.92 Å². The van der Waals surface area contributed by atoms with E-state index in [0.29, 0.717) is 6.42 Å². The van der Waals surface area contributed by atoms with Gasteiger partial charge >= 0.3 is 5.97 Å². The Morgan fingerprint density at radius 1 is 1.44 bits per heavy atom. The third-order valence-electron chi connectivity index (χ3n) is 2.67. The molecule has 1 unspecified atom stereocenters. The number of benzene rings is 1. The molecule has 4 N–H and O–H groups in total. The molecule has 0 aliphatic rings. The second kappa shape index (κ2) is 6.98. The summed E-state index contributed by atoms with van der Waals surface area (Å²) in [6.45, 7) is 1.90. The topological polar surface area (TPSA) is 89.8 Å². The maximum Gasteiger partial charge on any atom is 0.303 e. The van der Waals surface area contributed by atoms with Gasteiger partial charge in [-0.3, -0.25) is 4.79 Å². The van der Waals surface area contributed by atoms with Crippen LogP contribution in [0.4, 0.5) is 5.69 Å². The lowest BCUT2D eigenvalue weighted by molar-refractivity contribution is -0.136. The van der Waals surface area contributed by atoms with Crippen LogP contribution in [0.15, 0.2) is 18.2 Å². The first kappa shape index (κ1) is 14.5. The maximum absolute atomic E-state index is 10.5. The molecule has 0 heterocycles. The van der Waals surface area contributed by atoms with Crippen LogP contribution < -0.4 is 5.32 Å². The first-order valence-electron chi connectivity index (χ1n) is 5.87. The lowest BCUT2D eigenvalue weighted by atomic mass is 10.1. The number of carbonyl (C=O) groups is 1. The van der Waals surface area contributed by atoms with E-state index in [1.54, 1.807) is 0 Å². The van der Waals surface area contributed by atoms with E-state index in [9.17, 15) is 9.90 Å². The molecule has 1 atom stereocenters. The lowest BCUT2D eigenvalue weighted by Gasteiger charge is -2.13. The van der Waals surface area contributed by atoms with Crippen LogP contribution in [0.1, 0.15) is 17.5 Å². The summed E-state index contributed by atoms with van der Waals surface area (Å²) in [6, 6.07) is 5.68. The highest BCUT2D eigenvalue weighted by atomic mass is 16.4. The van der Waals surface area contributed by atoms with Gasteiger partial charge < -0.3 is 20.6 Å². The number of aryl methyl sites for hydroxylation is 2. The SMILES string of the molecule is Cc1ccc(CCC(=O)O)cc1NCC(O)CO. The Bertz CT molecular complexity index is 406. The number of aliphatic carboxylic acids is 1. The van der Waals surface area contributed by atoms with E-state index in [1.165, 1.54) is 0 Å². The Labute approximate surface area is 106 Å². The number of carboxylic acid groups (broad SMARTS) is 1. The Kier molecular flexibility index (Phi) is 5.61. The highest BCUT2D eigenvalue weighted by molar-refractivity contribution is 5.67. The second-order valence-electron chi connectivity index (χ2n) is 4.26. The van der Waals surface area contributed by atoms with E-state index in [2.05, 4.69) is 5.32 Å². The van der Waals surface area contributed by atoms with Crippen molar-refractivity contribution >= 4 is 11.7 Å². The summed E-state index contributed by atoms with van der Waals surface area (Å²) in [5, 5.41) is 29.7. The van der Waals surface area contributed by atoms with Gasteiger partial charge in [0.05, 0.1) is 12.7 Å². The molecule has 0 saturated carbocycles. The van der Waals surface area contributed by atoms with Gasteiger partial charge in [0, 0.05) is 18.7 Å². The molecule has 0 radical (unpaired) electrons. The van der Waals surface area contributed by atoms with Gasteiger partial charge in [0.1, 0.15) is 0 Å². The van der Waals surface area contributed by atoms with Crippen molar-refractivity contribution in [2.45, 2.75) is 25.9 Å². The van der Waals surface area contributed by atoms with Crippen LogP contribution in [0.5, 0.6) is 0 Å². The van der Waals surface area contributed by atoms with Crippen molar-refractivity contribution in [2.75, 3.05) is 18.5 Å². The molecular formula is C13H19NO4. The summed E-state index contributed by atoms with van der Waals surface area (Å²) < 4.78 is 0. The van der Waals surface area contributed by atoms with E-state index < -0.39 is 12.1 Å². The summed E-state index contributed by atoms with van der Waals surface area (Å²) in [6.07, 6.45) is -0.221. The number of anilines is 1. The molecule has 1 aromatic rings. The van der Waals surface area contributed by atoms with Crippen molar-refractivity contribution in [3.8, 4) is 0 Å². The fourth-order valence-electron chi connectivity index (χ4n) is 1.56. The Hall–Kier alpha value is -1.59. The largest absolute Gasteiger partial charge is 0.481 e. The fourth-order valence-corrected chi connectivity index (χ4v) is 1.56. The number of aliphatic hydroxyl groups excluding tert-OH is 2. The first-order valence-corrected chi connectivity index (χ1v) is 5.87. The van der Waals surface area contributed by atoms with Gasteiger partial charge in [-0.1, -0.05) is 12.1 Å². The summed E-state index contributed by atoms with van der Waals surface area (Å²) >= 11 is 0. The maximum atomic E-state index is 10.5. The number of nitrogens with one attached hydrogen (secondary N) is 1. The Morgan fingerprint density at radius 3 is 2.78 bits per heavy atom. The van der Waals surface area contributed by atoms with E-state index in [1.807, 2.05) is 25.1 Å². The van der Waals surface area contributed by atoms with Crippen LogP contribution >= 0.6 is 0 Å². The molecule has 5 nitrogen and oxygen atoms in total. The van der Waals surface area contributed by atoms with Crippen LogP contribution in [-0.4, -0.2) is 40.5 Å². The molecule has 1 rings (SSSR count). The molecule has 0 saturated heterocycles. The van der Waals surface area contributed by atoms with Crippen LogP contribution in [0.25, 0.3) is 0 Å². The molecule has 1 aromatic carbocycles. The molecule has 0 spiro atoms. The van der Waals surface area contributed by atoms with Gasteiger partial charge in [0.25, 0.3) is 0 Å². The number of hydrogen-bond acceptors (Lipinski definition) is 4. The fraction of sp³-hybridized carbons (Fsp3) is 0.462. The number of carboxylic acids is 1. The van der Waals surface area contributed by atoms with Gasteiger partial charge in [-0.2, -0.15) is 0 Å². The van der Waals surface area contributed by atoms with Crippen molar-refractivity contribution in [3.05, 3.63) is 29.3 Å². The quantitative estimate of drug-likeness (QED) is 0.576. The van der Waals surface area contributed by atoms with Crippen LogP contribution in [0.2, 0.25) is 0 Å². The summed E-state index contributed by atoms with van der Waals surface area (Å²) in [7, 11) is 0. The number of aliphatic hydroxyl groups is 2. The van der Waals surface area contributed by atoms with Gasteiger partial charge in [0.2, 0.25) is 0 Å². The molecule has 0 bridgehead atoms. The van der Waals surface area contributed by atoms with Crippen molar-refractivity contribution < 1.29 is 20.1 Å². The van der Waals surface area contributed by atoms with Crippen LogP contribution in [0.3, 0.4) is 0 Å². The second-order valence-corrected chi connectivity index (χ2v) is 4.26. The van der Waals surface area contributed by atoms with E-state index in [-0.39, 0.29) is 19.6 Å². The highest BCUT2D eigenvalue weighted by Gasteiger charge is 2.05. The zero-order valence-corrected chi connectivity index (χ0v) is 10.4. The summed E-state index contributed by atoms with van der Waals surface area (Å²) in [4.78, 5) is 10.5. The van der Waals surface area contributed by atoms with Crippen LogP contribution in [-0.2, 0) is 11.2 Å².